The van der Waals surface area contributed by atoms with Crippen molar-refractivity contribution in [3.63, 3.8) is 0 Å². The highest BCUT2D eigenvalue weighted by Gasteiger charge is 2.05. The zero-order chi connectivity index (χ0) is 13.0. The lowest BCUT2D eigenvalue weighted by atomic mass is 10.2. The minimum absolute atomic E-state index is 0.125. The Morgan fingerprint density at radius 2 is 2.22 bits per heavy atom. The van der Waals surface area contributed by atoms with Crippen LogP contribution in [0, 0.1) is 0 Å². The fourth-order valence-corrected chi connectivity index (χ4v) is 1.53. The number of rotatable bonds is 4. The molecule has 1 aromatic heterocycles. The molecule has 0 saturated heterocycles. The first-order valence-electron chi connectivity index (χ1n) is 5.23. The summed E-state index contributed by atoms with van der Waals surface area (Å²) in [6.07, 6.45) is 1.41. The van der Waals surface area contributed by atoms with Crippen LogP contribution in [0.25, 0.3) is 0 Å². The molecule has 0 radical (unpaired) electrons. The number of aromatic nitrogens is 2. The standard InChI is InChI=1S/C12H12ClN3O2/c1-17-9-4-2-3-8(5-9)7-18-11-10(13)6-15-12(14)16-11/h2-6H,7H2,1H3,(H2,14,15,16). The van der Waals surface area contributed by atoms with Gasteiger partial charge in [0.25, 0.3) is 0 Å². The van der Waals surface area contributed by atoms with Gasteiger partial charge in [0.15, 0.2) is 0 Å². The molecule has 0 aliphatic heterocycles. The molecule has 6 heteroatoms. The summed E-state index contributed by atoms with van der Waals surface area (Å²) >= 11 is 5.89. The van der Waals surface area contributed by atoms with E-state index in [4.69, 9.17) is 26.8 Å². The molecule has 0 atom stereocenters. The van der Waals surface area contributed by atoms with Crippen LogP contribution in [-0.4, -0.2) is 17.1 Å². The summed E-state index contributed by atoms with van der Waals surface area (Å²) in [7, 11) is 1.61. The first kappa shape index (κ1) is 12.4. The van der Waals surface area contributed by atoms with E-state index in [1.54, 1.807) is 7.11 Å². The van der Waals surface area contributed by atoms with Gasteiger partial charge in [-0.2, -0.15) is 4.98 Å². The van der Waals surface area contributed by atoms with Crippen molar-refractivity contribution in [1.29, 1.82) is 0 Å². The summed E-state index contributed by atoms with van der Waals surface area (Å²) in [5, 5.41) is 0.326. The Labute approximate surface area is 110 Å². The molecule has 0 spiro atoms. The number of anilines is 1. The predicted molar refractivity (Wildman–Crippen MR) is 68.8 cm³/mol. The van der Waals surface area contributed by atoms with Gasteiger partial charge in [0.2, 0.25) is 11.8 Å². The van der Waals surface area contributed by atoms with Gasteiger partial charge in [-0.1, -0.05) is 23.7 Å². The Hall–Kier alpha value is -2.01. The molecule has 5 nitrogen and oxygen atoms in total. The molecule has 0 aliphatic carbocycles. The van der Waals surface area contributed by atoms with Crippen molar-refractivity contribution >= 4 is 17.5 Å². The van der Waals surface area contributed by atoms with E-state index in [2.05, 4.69) is 9.97 Å². The number of nitrogens with zero attached hydrogens (tertiary/aromatic N) is 2. The number of hydrogen-bond acceptors (Lipinski definition) is 5. The molecule has 1 aromatic carbocycles. The summed E-state index contributed by atoms with van der Waals surface area (Å²) in [4.78, 5) is 7.67. The fraction of sp³-hybridized carbons (Fsp3) is 0.167. The van der Waals surface area contributed by atoms with E-state index in [0.29, 0.717) is 11.6 Å². The molecule has 2 rings (SSSR count). The maximum absolute atomic E-state index is 5.89. The third-order valence-corrected chi connectivity index (χ3v) is 2.50. The molecule has 18 heavy (non-hydrogen) atoms. The van der Waals surface area contributed by atoms with Crippen molar-refractivity contribution in [2.24, 2.45) is 0 Å². The molecule has 0 aliphatic rings. The molecule has 94 valence electrons. The maximum Gasteiger partial charge on any atom is 0.237 e. The number of methoxy groups -OCH3 is 1. The van der Waals surface area contributed by atoms with E-state index in [-0.39, 0.29) is 11.8 Å². The fourth-order valence-electron chi connectivity index (χ4n) is 1.38. The predicted octanol–water partition coefficient (Wildman–Crippen LogP) is 2.30. The minimum atomic E-state index is 0.125. The van der Waals surface area contributed by atoms with Crippen molar-refractivity contribution < 1.29 is 9.47 Å². The van der Waals surface area contributed by atoms with Crippen LogP contribution < -0.4 is 15.2 Å². The first-order chi connectivity index (χ1) is 8.69. The molecule has 0 fully saturated rings. The Kier molecular flexibility index (Phi) is 3.84. The molecule has 0 bridgehead atoms. The van der Waals surface area contributed by atoms with Crippen LogP contribution in [0.2, 0.25) is 5.02 Å². The quantitative estimate of drug-likeness (QED) is 0.918. The zero-order valence-electron chi connectivity index (χ0n) is 9.76. The van der Waals surface area contributed by atoms with Crippen molar-refractivity contribution in [1.82, 2.24) is 9.97 Å². The number of benzene rings is 1. The minimum Gasteiger partial charge on any atom is -0.497 e. The highest BCUT2D eigenvalue weighted by Crippen LogP contribution is 2.22. The van der Waals surface area contributed by atoms with Gasteiger partial charge < -0.3 is 15.2 Å². The smallest absolute Gasteiger partial charge is 0.237 e. The highest BCUT2D eigenvalue weighted by atomic mass is 35.5. The summed E-state index contributed by atoms with van der Waals surface area (Å²) < 4.78 is 10.6. The van der Waals surface area contributed by atoms with Crippen LogP contribution in [0.3, 0.4) is 0 Å². The number of halogens is 1. The number of ether oxygens (including phenoxy) is 2. The summed E-state index contributed by atoms with van der Waals surface area (Å²) in [5.74, 6) is 1.16. The summed E-state index contributed by atoms with van der Waals surface area (Å²) in [5.41, 5.74) is 6.41. The molecule has 1 heterocycles. The lowest BCUT2D eigenvalue weighted by molar-refractivity contribution is 0.293. The number of nitrogen functional groups attached to an aromatic ring is 1. The molecule has 0 unspecified atom stereocenters. The Bertz CT molecular complexity index is 549. The second-order valence-corrected chi connectivity index (χ2v) is 3.93. The van der Waals surface area contributed by atoms with Crippen LogP contribution in [0.15, 0.2) is 30.5 Å². The van der Waals surface area contributed by atoms with E-state index in [1.807, 2.05) is 24.3 Å². The van der Waals surface area contributed by atoms with E-state index in [0.717, 1.165) is 11.3 Å². The SMILES string of the molecule is COc1cccc(COc2nc(N)ncc2Cl)c1. The molecule has 0 saturated carbocycles. The lowest BCUT2D eigenvalue weighted by Crippen LogP contribution is -2.01. The number of nitrogens with two attached hydrogens (primary N) is 1. The van der Waals surface area contributed by atoms with Crippen molar-refractivity contribution in [2.45, 2.75) is 6.61 Å². The largest absolute Gasteiger partial charge is 0.497 e. The maximum atomic E-state index is 5.89. The van der Waals surface area contributed by atoms with Crippen LogP contribution in [-0.2, 0) is 6.61 Å². The Morgan fingerprint density at radius 1 is 1.39 bits per heavy atom. The van der Waals surface area contributed by atoms with E-state index in [1.165, 1.54) is 6.20 Å². The first-order valence-corrected chi connectivity index (χ1v) is 5.60. The van der Waals surface area contributed by atoms with Crippen molar-refractivity contribution in [3.05, 3.63) is 41.0 Å². The second-order valence-electron chi connectivity index (χ2n) is 3.52. The molecule has 0 amide bonds. The summed E-state index contributed by atoms with van der Waals surface area (Å²) in [6.45, 7) is 0.327. The normalized spacial score (nSPS) is 10.1. The van der Waals surface area contributed by atoms with Crippen LogP contribution >= 0.6 is 11.6 Å². The van der Waals surface area contributed by atoms with E-state index >= 15 is 0 Å². The van der Waals surface area contributed by atoms with Crippen molar-refractivity contribution in [2.75, 3.05) is 12.8 Å². The Balaban J connectivity index is 2.08. The lowest BCUT2D eigenvalue weighted by Gasteiger charge is -2.08. The third kappa shape index (κ3) is 3.01. The third-order valence-electron chi connectivity index (χ3n) is 2.24. The topological polar surface area (TPSA) is 70.3 Å². The van der Waals surface area contributed by atoms with Crippen LogP contribution in [0.1, 0.15) is 5.56 Å². The van der Waals surface area contributed by atoms with Gasteiger partial charge in [0.05, 0.1) is 13.3 Å². The summed E-state index contributed by atoms with van der Waals surface area (Å²) in [6, 6.07) is 7.53. The van der Waals surface area contributed by atoms with Gasteiger partial charge in [0, 0.05) is 0 Å². The van der Waals surface area contributed by atoms with Gasteiger partial charge in [-0.25, -0.2) is 4.98 Å². The molecular formula is C12H12ClN3O2. The van der Waals surface area contributed by atoms with E-state index < -0.39 is 0 Å². The average Bonchev–Trinajstić information content (AvgIpc) is 2.40. The van der Waals surface area contributed by atoms with Crippen LogP contribution in [0.4, 0.5) is 5.95 Å². The Morgan fingerprint density at radius 3 is 3.00 bits per heavy atom. The van der Waals surface area contributed by atoms with Gasteiger partial charge in [0.1, 0.15) is 17.4 Å². The molecular weight excluding hydrogens is 254 g/mol. The zero-order valence-corrected chi connectivity index (χ0v) is 10.5. The molecule has 2 aromatic rings. The molecule has 2 N–H and O–H groups in total. The van der Waals surface area contributed by atoms with Gasteiger partial charge in [-0.05, 0) is 17.7 Å². The van der Waals surface area contributed by atoms with Gasteiger partial charge >= 0.3 is 0 Å². The van der Waals surface area contributed by atoms with Gasteiger partial charge in [-0.15, -0.1) is 0 Å². The monoisotopic (exact) mass is 265 g/mol. The average molecular weight is 266 g/mol. The van der Waals surface area contributed by atoms with Gasteiger partial charge in [-0.3, -0.25) is 0 Å². The highest BCUT2D eigenvalue weighted by molar-refractivity contribution is 6.31. The van der Waals surface area contributed by atoms with E-state index in [9.17, 15) is 0 Å². The number of hydrogen-bond donors (Lipinski definition) is 1. The second kappa shape index (κ2) is 5.55. The van der Waals surface area contributed by atoms with Crippen LogP contribution in [0.5, 0.6) is 11.6 Å². The van der Waals surface area contributed by atoms with Crippen molar-refractivity contribution in [3.8, 4) is 11.6 Å².